The Morgan fingerprint density at radius 2 is 1.77 bits per heavy atom. The van der Waals surface area contributed by atoms with Gasteiger partial charge in [-0.3, -0.25) is 9.59 Å². The van der Waals surface area contributed by atoms with Crippen molar-refractivity contribution in [3.8, 4) is 11.5 Å². The molecule has 0 spiro atoms. The van der Waals surface area contributed by atoms with Crippen LogP contribution >= 0.6 is 0 Å². The van der Waals surface area contributed by atoms with E-state index in [-0.39, 0.29) is 5.92 Å². The number of aryl methyl sites for hydroxylation is 1. The van der Waals surface area contributed by atoms with Crippen molar-refractivity contribution in [3.05, 3.63) is 59.2 Å². The largest absolute Gasteiger partial charge is 0.490 e. The number of nitrogens with one attached hydrogen (secondary N) is 2. The lowest BCUT2D eigenvalue weighted by Gasteiger charge is -2.13. The molecule has 160 valence electrons. The molecular formula is C23H29N3O4. The van der Waals surface area contributed by atoms with Crippen LogP contribution in [0.2, 0.25) is 0 Å². The third-order valence-electron chi connectivity index (χ3n) is 4.04. The van der Waals surface area contributed by atoms with Crippen LogP contribution in [0.3, 0.4) is 0 Å². The number of hydrogen-bond acceptors (Lipinski definition) is 5. The predicted molar refractivity (Wildman–Crippen MR) is 117 cm³/mol. The summed E-state index contributed by atoms with van der Waals surface area (Å²) < 4.78 is 11.6. The van der Waals surface area contributed by atoms with Crippen molar-refractivity contribution in [1.82, 2.24) is 10.7 Å². The van der Waals surface area contributed by atoms with Crippen molar-refractivity contribution in [3.63, 3.8) is 0 Å². The molecule has 0 aliphatic heterocycles. The molecule has 2 aromatic rings. The predicted octanol–water partition coefficient (Wildman–Crippen LogP) is 3.20. The first-order chi connectivity index (χ1) is 14.4. The summed E-state index contributed by atoms with van der Waals surface area (Å²) in [5, 5.41) is 6.37. The van der Waals surface area contributed by atoms with Crippen LogP contribution < -0.4 is 20.2 Å². The van der Waals surface area contributed by atoms with Crippen LogP contribution in [0.5, 0.6) is 11.5 Å². The van der Waals surface area contributed by atoms with Gasteiger partial charge in [-0.25, -0.2) is 5.43 Å². The van der Waals surface area contributed by atoms with E-state index in [1.54, 1.807) is 18.2 Å². The summed E-state index contributed by atoms with van der Waals surface area (Å²) >= 11 is 0. The number of nitrogens with zero attached hydrogens (tertiary/aromatic N) is 1. The summed E-state index contributed by atoms with van der Waals surface area (Å²) in [6.45, 7) is 9.15. The summed E-state index contributed by atoms with van der Waals surface area (Å²) in [5.74, 6) is -0.0686. The highest BCUT2D eigenvalue weighted by Gasteiger charge is 2.12. The molecule has 0 radical (unpaired) electrons. The average molecular weight is 412 g/mol. The van der Waals surface area contributed by atoms with Gasteiger partial charge in [-0.05, 0) is 49.1 Å². The fourth-order valence-corrected chi connectivity index (χ4v) is 2.43. The summed E-state index contributed by atoms with van der Waals surface area (Å²) in [6.07, 6.45) is 1.44. The zero-order chi connectivity index (χ0) is 21.9. The molecule has 0 saturated carbocycles. The summed E-state index contributed by atoms with van der Waals surface area (Å²) in [6, 6.07) is 13.5. The highest BCUT2D eigenvalue weighted by atomic mass is 16.5. The van der Waals surface area contributed by atoms with Crippen LogP contribution in [-0.4, -0.2) is 31.2 Å². The molecule has 2 amide bonds. The van der Waals surface area contributed by atoms with Crippen molar-refractivity contribution in [2.45, 2.75) is 34.3 Å². The lowest BCUT2D eigenvalue weighted by molar-refractivity contribution is -0.139. The molecule has 0 aromatic heterocycles. The minimum Gasteiger partial charge on any atom is -0.490 e. The van der Waals surface area contributed by atoms with Gasteiger partial charge in [-0.15, -0.1) is 0 Å². The monoisotopic (exact) mass is 411 g/mol. The minimum atomic E-state index is -0.810. The van der Waals surface area contributed by atoms with Crippen LogP contribution in [0.4, 0.5) is 0 Å². The van der Waals surface area contributed by atoms with Crippen molar-refractivity contribution in [1.29, 1.82) is 0 Å². The maximum atomic E-state index is 11.7. The van der Waals surface area contributed by atoms with E-state index in [4.69, 9.17) is 9.47 Å². The molecule has 7 nitrogen and oxygen atoms in total. The van der Waals surface area contributed by atoms with E-state index in [1.807, 2.05) is 52.0 Å². The van der Waals surface area contributed by atoms with Gasteiger partial charge in [-0.1, -0.05) is 43.7 Å². The van der Waals surface area contributed by atoms with Crippen molar-refractivity contribution in [2.24, 2.45) is 11.0 Å². The first kappa shape index (κ1) is 22.9. The molecule has 0 aliphatic rings. The number of hydrazone groups is 1. The van der Waals surface area contributed by atoms with Gasteiger partial charge in [0.2, 0.25) is 0 Å². The Morgan fingerprint density at radius 3 is 2.43 bits per heavy atom. The number of hydrogen-bond donors (Lipinski definition) is 2. The molecule has 0 aliphatic carbocycles. The summed E-state index contributed by atoms with van der Waals surface area (Å²) in [4.78, 5) is 23.4. The smallest absolute Gasteiger partial charge is 0.329 e. The van der Waals surface area contributed by atoms with Gasteiger partial charge in [0, 0.05) is 6.54 Å². The fourth-order valence-electron chi connectivity index (χ4n) is 2.43. The minimum absolute atomic E-state index is 0.258. The van der Waals surface area contributed by atoms with Crippen molar-refractivity contribution < 1.29 is 19.1 Å². The Labute approximate surface area is 177 Å². The third-order valence-corrected chi connectivity index (χ3v) is 4.04. The first-order valence-corrected chi connectivity index (χ1v) is 9.95. The number of rotatable bonds is 9. The van der Waals surface area contributed by atoms with Gasteiger partial charge in [0.25, 0.3) is 0 Å². The summed E-state index contributed by atoms with van der Waals surface area (Å²) in [7, 11) is 0. The molecule has 0 fully saturated rings. The molecule has 0 atom stereocenters. The van der Waals surface area contributed by atoms with E-state index in [0.717, 1.165) is 5.56 Å². The standard InChI is InChI=1S/C23H29N3O4/c1-5-29-21-12-19(14-25-26-23(28)22(27)24-13-16(2)3)10-11-20(21)30-15-18-8-6-17(4)7-9-18/h6-12,14,16H,5,13,15H2,1-4H3,(H,24,27)(H,26,28)/b25-14-. The molecule has 30 heavy (non-hydrogen) atoms. The van der Waals surface area contributed by atoms with Crippen molar-refractivity contribution >= 4 is 18.0 Å². The quantitative estimate of drug-likeness (QED) is 0.377. The van der Waals surface area contributed by atoms with E-state index in [0.29, 0.717) is 36.8 Å². The van der Waals surface area contributed by atoms with E-state index >= 15 is 0 Å². The maximum Gasteiger partial charge on any atom is 0.329 e. The second kappa shape index (κ2) is 11.6. The molecule has 7 heteroatoms. The van der Waals surface area contributed by atoms with E-state index in [1.165, 1.54) is 11.8 Å². The normalized spacial score (nSPS) is 10.8. The number of amides is 2. The molecule has 0 unspecified atom stereocenters. The van der Waals surface area contributed by atoms with E-state index in [9.17, 15) is 9.59 Å². The first-order valence-electron chi connectivity index (χ1n) is 9.95. The highest BCUT2D eigenvalue weighted by molar-refractivity contribution is 6.35. The maximum absolute atomic E-state index is 11.7. The molecular weight excluding hydrogens is 382 g/mol. The third kappa shape index (κ3) is 7.58. The molecule has 2 N–H and O–H groups in total. The highest BCUT2D eigenvalue weighted by Crippen LogP contribution is 2.29. The number of carbonyl (C=O) groups excluding carboxylic acids is 2. The van der Waals surface area contributed by atoms with Crippen molar-refractivity contribution in [2.75, 3.05) is 13.2 Å². The van der Waals surface area contributed by atoms with Gasteiger partial charge in [0.15, 0.2) is 11.5 Å². The lowest BCUT2D eigenvalue weighted by atomic mass is 10.2. The van der Waals surface area contributed by atoms with Crippen LogP contribution in [0.1, 0.15) is 37.5 Å². The van der Waals surface area contributed by atoms with Gasteiger partial charge in [0.1, 0.15) is 6.61 Å². The molecule has 0 bridgehead atoms. The van der Waals surface area contributed by atoms with Gasteiger partial charge >= 0.3 is 11.8 Å². The summed E-state index contributed by atoms with van der Waals surface area (Å²) in [5.41, 5.74) is 5.17. The number of carbonyl (C=O) groups is 2. The molecule has 0 heterocycles. The lowest BCUT2D eigenvalue weighted by Crippen LogP contribution is -2.39. The fraction of sp³-hybridized carbons (Fsp3) is 0.348. The van der Waals surface area contributed by atoms with Gasteiger partial charge in [0.05, 0.1) is 12.8 Å². The topological polar surface area (TPSA) is 89.0 Å². The van der Waals surface area contributed by atoms with Crippen LogP contribution in [0.15, 0.2) is 47.6 Å². The SMILES string of the molecule is CCOc1cc(/C=N\NC(=O)C(=O)NCC(C)C)ccc1OCc1ccc(C)cc1. The Morgan fingerprint density at radius 1 is 1.03 bits per heavy atom. The second-order valence-corrected chi connectivity index (χ2v) is 7.22. The Kier molecular flexibility index (Phi) is 8.87. The average Bonchev–Trinajstić information content (AvgIpc) is 2.72. The molecule has 0 saturated heterocycles. The van der Waals surface area contributed by atoms with Crippen LogP contribution in [0.25, 0.3) is 0 Å². The van der Waals surface area contributed by atoms with Crippen LogP contribution in [0, 0.1) is 12.8 Å². The Bertz CT molecular complexity index is 877. The molecule has 2 rings (SSSR count). The zero-order valence-corrected chi connectivity index (χ0v) is 17.9. The Hall–Kier alpha value is -3.35. The Balaban J connectivity index is 1.97. The molecule has 2 aromatic carbocycles. The second-order valence-electron chi connectivity index (χ2n) is 7.22. The van der Waals surface area contributed by atoms with Gasteiger partial charge < -0.3 is 14.8 Å². The number of benzene rings is 2. The van der Waals surface area contributed by atoms with E-state index < -0.39 is 11.8 Å². The number of ether oxygens (including phenoxy) is 2. The van der Waals surface area contributed by atoms with Gasteiger partial charge in [-0.2, -0.15) is 5.10 Å². The van der Waals surface area contributed by atoms with E-state index in [2.05, 4.69) is 15.8 Å². The van der Waals surface area contributed by atoms with Crippen LogP contribution in [-0.2, 0) is 16.2 Å². The zero-order valence-electron chi connectivity index (χ0n) is 17.9.